The van der Waals surface area contributed by atoms with Crippen LogP contribution >= 0.6 is 0 Å². The maximum absolute atomic E-state index is 6.06. The summed E-state index contributed by atoms with van der Waals surface area (Å²) in [7, 11) is 4.70. The van der Waals surface area contributed by atoms with Gasteiger partial charge in [0.1, 0.15) is 0 Å². The Balaban J connectivity index is 1.96. The first-order chi connectivity index (χ1) is 12.5. The van der Waals surface area contributed by atoms with Crippen molar-refractivity contribution in [2.24, 2.45) is 0 Å². The van der Waals surface area contributed by atoms with Gasteiger partial charge in [0.05, 0.1) is 27.9 Å². The molecule has 0 saturated carbocycles. The number of rotatable bonds is 6. The van der Waals surface area contributed by atoms with Crippen LogP contribution in [0.5, 0.6) is 17.2 Å². The van der Waals surface area contributed by atoms with Gasteiger partial charge in [0.15, 0.2) is 17.3 Å². The van der Waals surface area contributed by atoms with Crippen molar-refractivity contribution >= 4 is 5.95 Å². The quantitative estimate of drug-likeness (QED) is 0.733. The van der Waals surface area contributed by atoms with Crippen molar-refractivity contribution in [3.63, 3.8) is 0 Å². The molecule has 0 spiro atoms. The van der Waals surface area contributed by atoms with E-state index >= 15 is 0 Å². The molecule has 0 aliphatic heterocycles. The molecular formula is C19H22N4O3. The fourth-order valence-corrected chi connectivity index (χ4v) is 2.67. The third-order valence-electron chi connectivity index (χ3n) is 4.08. The van der Waals surface area contributed by atoms with Crippen LogP contribution in [0.15, 0.2) is 36.4 Å². The number of methoxy groups -OCH3 is 3. The molecule has 3 rings (SSSR count). The van der Waals surface area contributed by atoms with Crippen LogP contribution in [-0.4, -0.2) is 36.1 Å². The van der Waals surface area contributed by atoms with E-state index in [1.165, 1.54) is 5.56 Å². The van der Waals surface area contributed by atoms with Crippen molar-refractivity contribution in [3.05, 3.63) is 47.5 Å². The molecule has 2 aromatic carbocycles. The largest absolute Gasteiger partial charge is 0.493 e. The number of benzene rings is 2. The third-order valence-corrected chi connectivity index (χ3v) is 4.08. The Bertz CT molecular complexity index is 879. The lowest BCUT2D eigenvalue weighted by Crippen LogP contribution is -2.06. The zero-order valence-corrected chi connectivity index (χ0v) is 15.3. The molecule has 1 aromatic heterocycles. The summed E-state index contributed by atoms with van der Waals surface area (Å²) in [5.41, 5.74) is 9.09. The molecule has 2 N–H and O–H groups in total. The fraction of sp³-hybridized carbons (Fsp3) is 0.263. The van der Waals surface area contributed by atoms with Crippen LogP contribution in [0.4, 0.5) is 5.95 Å². The van der Waals surface area contributed by atoms with Crippen LogP contribution in [0.2, 0.25) is 0 Å². The van der Waals surface area contributed by atoms with E-state index in [0.717, 1.165) is 11.1 Å². The maximum Gasteiger partial charge on any atom is 0.219 e. The van der Waals surface area contributed by atoms with E-state index in [1.54, 1.807) is 38.1 Å². The average molecular weight is 354 g/mol. The van der Waals surface area contributed by atoms with Gasteiger partial charge in [-0.15, -0.1) is 5.10 Å². The molecule has 3 aromatic rings. The third kappa shape index (κ3) is 3.42. The number of hydrogen-bond donors (Lipinski definition) is 1. The van der Waals surface area contributed by atoms with Gasteiger partial charge in [-0.25, -0.2) is 4.68 Å². The molecule has 0 amide bonds. The highest BCUT2D eigenvalue weighted by Crippen LogP contribution is 2.40. The summed E-state index contributed by atoms with van der Waals surface area (Å²) in [4.78, 5) is 4.38. The van der Waals surface area contributed by atoms with E-state index in [9.17, 15) is 0 Å². The lowest BCUT2D eigenvalue weighted by atomic mass is 10.1. The summed E-state index contributed by atoms with van der Waals surface area (Å²) in [5.74, 6) is 2.43. The van der Waals surface area contributed by atoms with E-state index < -0.39 is 0 Å². The maximum atomic E-state index is 6.06. The van der Waals surface area contributed by atoms with Crippen LogP contribution in [0.3, 0.4) is 0 Å². The highest BCUT2D eigenvalue weighted by atomic mass is 16.5. The van der Waals surface area contributed by atoms with E-state index in [0.29, 0.717) is 35.6 Å². The summed E-state index contributed by atoms with van der Waals surface area (Å²) in [5, 5.41) is 4.53. The second-order valence-electron chi connectivity index (χ2n) is 5.85. The van der Waals surface area contributed by atoms with Gasteiger partial charge in [0, 0.05) is 5.56 Å². The van der Waals surface area contributed by atoms with Gasteiger partial charge >= 0.3 is 0 Å². The molecule has 0 atom stereocenters. The zero-order valence-electron chi connectivity index (χ0n) is 15.3. The first-order valence-electron chi connectivity index (χ1n) is 8.12. The van der Waals surface area contributed by atoms with Gasteiger partial charge in [-0.1, -0.05) is 29.8 Å². The number of aromatic nitrogens is 3. The lowest BCUT2D eigenvalue weighted by molar-refractivity contribution is 0.324. The first kappa shape index (κ1) is 17.6. The summed E-state index contributed by atoms with van der Waals surface area (Å²) < 4.78 is 17.8. The Hall–Kier alpha value is -3.22. The van der Waals surface area contributed by atoms with E-state index in [-0.39, 0.29) is 0 Å². The lowest BCUT2D eigenvalue weighted by Gasteiger charge is -2.12. The Labute approximate surface area is 152 Å². The van der Waals surface area contributed by atoms with Gasteiger partial charge in [-0.3, -0.25) is 0 Å². The molecule has 0 fully saturated rings. The standard InChI is InChI=1S/C19H22N4O3/c1-12-5-7-13(8-6-12)11-23-19(20)21-18(22-23)14-9-15(24-2)17(26-4)16(10-14)25-3/h5-10H,11H2,1-4H3,(H2,20,21,22). The molecule has 0 radical (unpaired) electrons. The Kier molecular flexibility index (Phi) is 4.97. The van der Waals surface area contributed by atoms with Crippen LogP contribution in [0, 0.1) is 6.92 Å². The molecule has 0 unspecified atom stereocenters. The van der Waals surface area contributed by atoms with Crippen LogP contribution in [0.1, 0.15) is 11.1 Å². The predicted octanol–water partition coefficient (Wildman–Crippen LogP) is 2.91. The Morgan fingerprint density at radius 2 is 1.58 bits per heavy atom. The number of hydrogen-bond acceptors (Lipinski definition) is 6. The van der Waals surface area contributed by atoms with Crippen molar-refractivity contribution in [3.8, 4) is 28.6 Å². The van der Waals surface area contributed by atoms with E-state index in [4.69, 9.17) is 19.9 Å². The van der Waals surface area contributed by atoms with Crippen molar-refractivity contribution in [2.75, 3.05) is 27.1 Å². The minimum Gasteiger partial charge on any atom is -0.493 e. The second kappa shape index (κ2) is 7.35. The number of nitrogens with two attached hydrogens (primary N) is 1. The fourth-order valence-electron chi connectivity index (χ4n) is 2.67. The highest BCUT2D eigenvalue weighted by molar-refractivity contribution is 5.67. The summed E-state index contributed by atoms with van der Waals surface area (Å²) in [6, 6.07) is 11.8. The number of anilines is 1. The van der Waals surface area contributed by atoms with E-state index in [2.05, 4.69) is 41.3 Å². The summed E-state index contributed by atoms with van der Waals surface area (Å²) in [6.07, 6.45) is 0. The Morgan fingerprint density at radius 1 is 0.962 bits per heavy atom. The van der Waals surface area contributed by atoms with Gasteiger partial charge in [0.25, 0.3) is 0 Å². The zero-order chi connectivity index (χ0) is 18.7. The molecule has 136 valence electrons. The van der Waals surface area contributed by atoms with Gasteiger partial charge in [-0.05, 0) is 24.6 Å². The van der Waals surface area contributed by atoms with Gasteiger partial charge < -0.3 is 19.9 Å². The summed E-state index contributed by atoms with van der Waals surface area (Å²) >= 11 is 0. The minimum absolute atomic E-state index is 0.342. The van der Waals surface area contributed by atoms with Crippen molar-refractivity contribution in [1.29, 1.82) is 0 Å². The molecule has 0 aliphatic carbocycles. The Morgan fingerprint density at radius 3 is 2.12 bits per heavy atom. The molecule has 26 heavy (non-hydrogen) atoms. The molecule has 7 heteroatoms. The smallest absolute Gasteiger partial charge is 0.219 e. The normalized spacial score (nSPS) is 10.6. The summed E-state index contributed by atoms with van der Waals surface area (Å²) in [6.45, 7) is 2.60. The first-order valence-corrected chi connectivity index (χ1v) is 8.12. The van der Waals surface area contributed by atoms with Crippen molar-refractivity contribution in [2.45, 2.75) is 13.5 Å². The number of aryl methyl sites for hydroxylation is 1. The van der Waals surface area contributed by atoms with Gasteiger partial charge in [0.2, 0.25) is 11.7 Å². The average Bonchev–Trinajstić information content (AvgIpc) is 3.02. The van der Waals surface area contributed by atoms with Crippen LogP contribution < -0.4 is 19.9 Å². The molecule has 1 heterocycles. The number of nitrogen functional groups attached to an aromatic ring is 1. The highest BCUT2D eigenvalue weighted by Gasteiger charge is 2.17. The number of ether oxygens (including phenoxy) is 3. The molecule has 0 aliphatic rings. The van der Waals surface area contributed by atoms with Gasteiger partial charge in [-0.2, -0.15) is 4.98 Å². The minimum atomic E-state index is 0.342. The van der Waals surface area contributed by atoms with Crippen molar-refractivity contribution in [1.82, 2.24) is 14.8 Å². The van der Waals surface area contributed by atoms with E-state index in [1.807, 2.05) is 0 Å². The topological polar surface area (TPSA) is 84.4 Å². The number of nitrogens with zero attached hydrogens (tertiary/aromatic N) is 3. The van der Waals surface area contributed by atoms with Crippen LogP contribution in [0.25, 0.3) is 11.4 Å². The molecule has 0 saturated heterocycles. The predicted molar refractivity (Wildman–Crippen MR) is 99.8 cm³/mol. The monoisotopic (exact) mass is 354 g/mol. The van der Waals surface area contributed by atoms with Crippen molar-refractivity contribution < 1.29 is 14.2 Å². The molecule has 0 bridgehead atoms. The molecule has 7 nitrogen and oxygen atoms in total. The van der Waals surface area contributed by atoms with Crippen LogP contribution in [-0.2, 0) is 6.54 Å². The SMILES string of the molecule is COc1cc(-c2nc(N)n(Cc3ccc(C)cc3)n2)cc(OC)c1OC. The molecular weight excluding hydrogens is 332 g/mol. The second-order valence-corrected chi connectivity index (χ2v) is 5.85.